The van der Waals surface area contributed by atoms with Crippen LogP contribution in [0.25, 0.3) is 0 Å². The molecule has 1 fully saturated rings. The van der Waals surface area contributed by atoms with Crippen molar-refractivity contribution in [2.24, 2.45) is 0 Å². The Labute approximate surface area is 139 Å². The van der Waals surface area contributed by atoms with Gasteiger partial charge in [-0.2, -0.15) is 0 Å². The van der Waals surface area contributed by atoms with E-state index in [0.717, 1.165) is 26.2 Å². The molecule has 1 saturated heterocycles. The molecule has 2 heteroatoms. The third-order valence-electron chi connectivity index (χ3n) is 4.63. The molecule has 1 rings (SSSR count). The number of epoxide rings is 1. The Morgan fingerprint density at radius 2 is 1.14 bits per heavy atom. The second-order valence-electron chi connectivity index (χ2n) is 6.95. The molecular formula is C20H40O2. The van der Waals surface area contributed by atoms with Gasteiger partial charge < -0.3 is 9.47 Å². The minimum atomic E-state index is 0.524. The summed E-state index contributed by atoms with van der Waals surface area (Å²) < 4.78 is 10.8. The highest BCUT2D eigenvalue weighted by atomic mass is 16.6. The molecule has 0 saturated carbocycles. The quantitative estimate of drug-likeness (QED) is 0.220. The molecule has 0 aliphatic carbocycles. The minimum Gasteiger partial charge on any atom is -0.381 e. The summed E-state index contributed by atoms with van der Waals surface area (Å²) >= 11 is 0. The van der Waals surface area contributed by atoms with Crippen LogP contribution in [0.3, 0.4) is 0 Å². The van der Waals surface area contributed by atoms with Crippen molar-refractivity contribution in [1.82, 2.24) is 0 Å². The molecule has 0 amide bonds. The maximum absolute atomic E-state index is 5.61. The summed E-state index contributed by atoms with van der Waals surface area (Å²) in [6, 6.07) is 0. The van der Waals surface area contributed by atoms with E-state index in [1.54, 1.807) is 0 Å². The fourth-order valence-electron chi connectivity index (χ4n) is 2.95. The van der Waals surface area contributed by atoms with E-state index >= 15 is 0 Å². The predicted molar refractivity (Wildman–Crippen MR) is 95.5 cm³/mol. The van der Waals surface area contributed by atoms with Gasteiger partial charge in [0.25, 0.3) is 0 Å². The highest BCUT2D eigenvalue weighted by molar-refractivity contribution is 4.67. The van der Waals surface area contributed by atoms with Gasteiger partial charge in [0.05, 0.1) is 12.7 Å². The fourth-order valence-corrected chi connectivity index (χ4v) is 2.95. The van der Waals surface area contributed by atoms with Crippen molar-refractivity contribution in [3.63, 3.8) is 0 Å². The molecular weight excluding hydrogens is 272 g/mol. The number of rotatable bonds is 18. The van der Waals surface area contributed by atoms with E-state index in [9.17, 15) is 0 Å². The van der Waals surface area contributed by atoms with E-state index in [2.05, 4.69) is 6.92 Å². The van der Waals surface area contributed by atoms with Crippen molar-refractivity contribution in [3.05, 3.63) is 0 Å². The van der Waals surface area contributed by atoms with Crippen LogP contribution in [0.1, 0.15) is 103 Å². The molecule has 22 heavy (non-hydrogen) atoms. The Kier molecular flexibility index (Phi) is 14.3. The fraction of sp³-hybridized carbons (Fsp3) is 1.00. The van der Waals surface area contributed by atoms with Crippen LogP contribution in [0.15, 0.2) is 0 Å². The molecule has 2 nitrogen and oxygen atoms in total. The first kappa shape index (κ1) is 20.0. The molecule has 0 aromatic carbocycles. The number of unbranched alkanes of at least 4 members (excludes halogenated alkanes) is 13. The van der Waals surface area contributed by atoms with Crippen molar-refractivity contribution in [2.75, 3.05) is 19.8 Å². The normalized spacial score (nSPS) is 17.0. The van der Waals surface area contributed by atoms with Gasteiger partial charge in [0.2, 0.25) is 0 Å². The van der Waals surface area contributed by atoms with Gasteiger partial charge in [-0.15, -0.1) is 0 Å². The maximum Gasteiger partial charge on any atom is 0.0831 e. The van der Waals surface area contributed by atoms with Crippen molar-refractivity contribution in [1.29, 1.82) is 0 Å². The van der Waals surface area contributed by atoms with Gasteiger partial charge in [0.1, 0.15) is 0 Å². The third-order valence-corrected chi connectivity index (χ3v) is 4.63. The largest absolute Gasteiger partial charge is 0.381 e. The molecule has 0 N–H and O–H groups in total. The predicted octanol–water partition coefficient (Wildman–Crippen LogP) is 6.27. The standard InChI is InChI=1S/C20H40O2/c1-2-3-4-5-6-7-8-9-10-11-12-13-14-15-17-21-18-16-20-19-22-20/h20H,2-19H2,1H3/t20-/m1/s1. The smallest absolute Gasteiger partial charge is 0.0831 e. The lowest BCUT2D eigenvalue weighted by molar-refractivity contribution is 0.121. The van der Waals surface area contributed by atoms with E-state index < -0.39 is 0 Å². The lowest BCUT2D eigenvalue weighted by atomic mass is 10.0. The zero-order valence-corrected chi connectivity index (χ0v) is 15.1. The van der Waals surface area contributed by atoms with Gasteiger partial charge in [0.15, 0.2) is 0 Å². The first-order chi connectivity index (χ1) is 10.9. The van der Waals surface area contributed by atoms with E-state index in [4.69, 9.17) is 9.47 Å². The Morgan fingerprint density at radius 3 is 1.59 bits per heavy atom. The summed E-state index contributed by atoms with van der Waals surface area (Å²) in [4.78, 5) is 0. The van der Waals surface area contributed by atoms with Crippen LogP contribution in [0.2, 0.25) is 0 Å². The lowest BCUT2D eigenvalue weighted by Gasteiger charge is -2.04. The van der Waals surface area contributed by atoms with Gasteiger partial charge in [-0.3, -0.25) is 0 Å². The number of hydrogen-bond donors (Lipinski definition) is 0. The zero-order chi connectivity index (χ0) is 15.7. The molecule has 0 radical (unpaired) electrons. The Balaban J connectivity index is 1.59. The van der Waals surface area contributed by atoms with Crippen LogP contribution < -0.4 is 0 Å². The van der Waals surface area contributed by atoms with Crippen LogP contribution in [0.5, 0.6) is 0 Å². The topological polar surface area (TPSA) is 21.8 Å². The Morgan fingerprint density at radius 1 is 0.682 bits per heavy atom. The summed E-state index contributed by atoms with van der Waals surface area (Å²) in [7, 11) is 0. The first-order valence-corrected chi connectivity index (χ1v) is 10.1. The van der Waals surface area contributed by atoms with E-state index in [1.807, 2.05) is 0 Å². The molecule has 0 bridgehead atoms. The highest BCUT2D eigenvalue weighted by Gasteiger charge is 2.21. The van der Waals surface area contributed by atoms with Gasteiger partial charge in [-0.1, -0.05) is 90.4 Å². The molecule has 1 heterocycles. The second kappa shape index (κ2) is 15.8. The van der Waals surface area contributed by atoms with Gasteiger partial charge >= 0.3 is 0 Å². The van der Waals surface area contributed by atoms with Crippen LogP contribution in [0, 0.1) is 0 Å². The monoisotopic (exact) mass is 312 g/mol. The van der Waals surface area contributed by atoms with Crippen molar-refractivity contribution in [3.8, 4) is 0 Å². The molecule has 0 aromatic heterocycles. The first-order valence-electron chi connectivity index (χ1n) is 10.1. The Hall–Kier alpha value is -0.0800. The van der Waals surface area contributed by atoms with Crippen LogP contribution in [0.4, 0.5) is 0 Å². The van der Waals surface area contributed by atoms with Crippen molar-refractivity contribution in [2.45, 2.75) is 109 Å². The van der Waals surface area contributed by atoms with Crippen LogP contribution in [-0.4, -0.2) is 25.9 Å². The average Bonchev–Trinajstić information content (AvgIpc) is 3.34. The summed E-state index contributed by atoms with van der Waals surface area (Å²) in [5.41, 5.74) is 0. The summed E-state index contributed by atoms with van der Waals surface area (Å²) in [6.07, 6.45) is 21.5. The molecule has 1 aliphatic rings. The van der Waals surface area contributed by atoms with Gasteiger partial charge in [-0.25, -0.2) is 0 Å². The van der Waals surface area contributed by atoms with Crippen molar-refractivity contribution < 1.29 is 9.47 Å². The summed E-state index contributed by atoms with van der Waals surface area (Å²) in [6.45, 7) is 5.09. The molecule has 1 aliphatic heterocycles. The van der Waals surface area contributed by atoms with E-state index in [0.29, 0.717) is 6.10 Å². The maximum atomic E-state index is 5.61. The van der Waals surface area contributed by atoms with E-state index in [-0.39, 0.29) is 0 Å². The molecule has 0 unspecified atom stereocenters. The number of ether oxygens (including phenoxy) is 2. The molecule has 0 aromatic rings. The Bertz CT molecular complexity index is 214. The highest BCUT2D eigenvalue weighted by Crippen LogP contribution is 2.14. The van der Waals surface area contributed by atoms with Crippen molar-refractivity contribution >= 4 is 0 Å². The SMILES string of the molecule is CCCCCCCCCCCCCCCCOCC[C@@H]1CO1. The van der Waals surface area contributed by atoms with Gasteiger partial charge in [-0.05, 0) is 12.8 Å². The lowest BCUT2D eigenvalue weighted by Crippen LogP contribution is -2.00. The van der Waals surface area contributed by atoms with Gasteiger partial charge in [0, 0.05) is 13.2 Å². The average molecular weight is 313 g/mol. The molecule has 132 valence electrons. The zero-order valence-electron chi connectivity index (χ0n) is 15.1. The second-order valence-corrected chi connectivity index (χ2v) is 6.95. The molecule has 0 spiro atoms. The third kappa shape index (κ3) is 14.8. The minimum absolute atomic E-state index is 0.524. The van der Waals surface area contributed by atoms with E-state index in [1.165, 1.54) is 89.9 Å². The van der Waals surface area contributed by atoms with Crippen LogP contribution in [-0.2, 0) is 9.47 Å². The summed E-state index contributed by atoms with van der Waals surface area (Å²) in [5, 5.41) is 0. The van der Waals surface area contributed by atoms with Crippen LogP contribution >= 0.6 is 0 Å². The molecule has 1 atom stereocenters. The summed E-state index contributed by atoms with van der Waals surface area (Å²) in [5.74, 6) is 0. The number of hydrogen-bond acceptors (Lipinski definition) is 2.